The maximum absolute atomic E-state index is 5.52. The summed E-state index contributed by atoms with van der Waals surface area (Å²) in [5.74, 6) is 2.04. The number of nitrogens with one attached hydrogen (secondary N) is 1. The van der Waals surface area contributed by atoms with E-state index >= 15 is 0 Å². The van der Waals surface area contributed by atoms with Gasteiger partial charge in [-0.2, -0.15) is 0 Å². The summed E-state index contributed by atoms with van der Waals surface area (Å²) in [4.78, 5) is 0. The lowest BCUT2D eigenvalue weighted by Gasteiger charge is -2.29. The van der Waals surface area contributed by atoms with Crippen molar-refractivity contribution in [1.82, 2.24) is 0 Å². The average molecular weight is 231 g/mol. The third-order valence-electron chi connectivity index (χ3n) is 4.01. The summed E-state index contributed by atoms with van der Waals surface area (Å²) in [6.45, 7) is 3.14. The minimum Gasteiger partial charge on any atom is -0.493 e. The van der Waals surface area contributed by atoms with Crippen molar-refractivity contribution < 1.29 is 4.74 Å². The molecule has 1 aliphatic carbocycles. The highest BCUT2D eigenvalue weighted by Crippen LogP contribution is 2.32. The Labute approximate surface area is 103 Å². The summed E-state index contributed by atoms with van der Waals surface area (Å²) in [5.41, 5.74) is 2.60. The number of fused-ring (bicyclic) bond motifs is 1. The largest absolute Gasteiger partial charge is 0.493 e. The maximum Gasteiger partial charge on any atom is 0.122 e. The molecule has 1 unspecified atom stereocenters. The van der Waals surface area contributed by atoms with Gasteiger partial charge in [-0.3, -0.25) is 0 Å². The second-order valence-electron chi connectivity index (χ2n) is 5.50. The molecule has 0 saturated heterocycles. The molecule has 1 heterocycles. The van der Waals surface area contributed by atoms with Gasteiger partial charge in [-0.05, 0) is 43.0 Å². The summed E-state index contributed by atoms with van der Waals surface area (Å²) in [7, 11) is 0. The van der Waals surface area contributed by atoms with E-state index < -0.39 is 0 Å². The van der Waals surface area contributed by atoms with Crippen LogP contribution in [0.15, 0.2) is 18.2 Å². The summed E-state index contributed by atoms with van der Waals surface area (Å²) < 4.78 is 5.52. The van der Waals surface area contributed by atoms with Crippen molar-refractivity contribution in [3.05, 3.63) is 23.8 Å². The standard InChI is InChI=1S/C15H21NO/c1-11(9-12-3-2-4-12)16-14-5-6-15-13(10-14)7-8-17-15/h5-6,10-12,16H,2-4,7-9H2,1H3. The van der Waals surface area contributed by atoms with Gasteiger partial charge < -0.3 is 10.1 Å². The summed E-state index contributed by atoms with van der Waals surface area (Å²) in [5, 5.41) is 3.62. The molecule has 2 aliphatic rings. The number of benzene rings is 1. The highest BCUT2D eigenvalue weighted by atomic mass is 16.5. The lowest BCUT2D eigenvalue weighted by Crippen LogP contribution is -2.23. The predicted molar refractivity (Wildman–Crippen MR) is 70.7 cm³/mol. The Hall–Kier alpha value is -1.18. The smallest absolute Gasteiger partial charge is 0.122 e. The van der Waals surface area contributed by atoms with Crippen molar-refractivity contribution in [3.63, 3.8) is 0 Å². The van der Waals surface area contributed by atoms with E-state index in [1.54, 1.807) is 0 Å². The van der Waals surface area contributed by atoms with Crippen LogP contribution in [0.4, 0.5) is 5.69 Å². The third-order valence-corrected chi connectivity index (χ3v) is 4.01. The van der Waals surface area contributed by atoms with E-state index in [0.29, 0.717) is 6.04 Å². The zero-order chi connectivity index (χ0) is 11.7. The van der Waals surface area contributed by atoms with E-state index in [-0.39, 0.29) is 0 Å². The van der Waals surface area contributed by atoms with Gasteiger partial charge in [0, 0.05) is 18.2 Å². The molecule has 0 spiro atoms. The normalized spacial score (nSPS) is 20.3. The summed E-state index contributed by atoms with van der Waals surface area (Å²) >= 11 is 0. The molecule has 17 heavy (non-hydrogen) atoms. The molecule has 1 aromatic rings. The zero-order valence-corrected chi connectivity index (χ0v) is 10.5. The van der Waals surface area contributed by atoms with Crippen LogP contribution in [0.5, 0.6) is 5.75 Å². The second-order valence-corrected chi connectivity index (χ2v) is 5.50. The van der Waals surface area contributed by atoms with Gasteiger partial charge in [0.1, 0.15) is 5.75 Å². The predicted octanol–water partition coefficient (Wildman–Crippen LogP) is 3.61. The fourth-order valence-corrected chi connectivity index (χ4v) is 2.85. The monoisotopic (exact) mass is 231 g/mol. The van der Waals surface area contributed by atoms with Crippen LogP contribution in [-0.4, -0.2) is 12.6 Å². The fraction of sp³-hybridized carbons (Fsp3) is 0.600. The van der Waals surface area contributed by atoms with Crippen molar-refractivity contribution in [3.8, 4) is 5.75 Å². The van der Waals surface area contributed by atoms with E-state index in [0.717, 1.165) is 24.7 Å². The van der Waals surface area contributed by atoms with E-state index in [1.807, 2.05) is 0 Å². The van der Waals surface area contributed by atoms with E-state index in [4.69, 9.17) is 4.74 Å². The third kappa shape index (κ3) is 2.41. The molecule has 1 saturated carbocycles. The topological polar surface area (TPSA) is 21.3 Å². The van der Waals surface area contributed by atoms with Gasteiger partial charge >= 0.3 is 0 Å². The van der Waals surface area contributed by atoms with Crippen LogP contribution in [0.1, 0.15) is 38.2 Å². The molecule has 0 radical (unpaired) electrons. The lowest BCUT2D eigenvalue weighted by atomic mass is 9.81. The van der Waals surface area contributed by atoms with Crippen LogP contribution in [0.2, 0.25) is 0 Å². The van der Waals surface area contributed by atoms with Crippen LogP contribution in [-0.2, 0) is 6.42 Å². The SMILES string of the molecule is CC(CC1CCC1)Nc1ccc2c(c1)CCO2. The lowest BCUT2D eigenvalue weighted by molar-refractivity contribution is 0.286. The van der Waals surface area contributed by atoms with E-state index in [1.165, 1.54) is 36.9 Å². The maximum atomic E-state index is 5.52. The summed E-state index contributed by atoms with van der Waals surface area (Å²) in [6.07, 6.45) is 6.68. The number of ether oxygens (including phenoxy) is 1. The number of anilines is 1. The van der Waals surface area contributed by atoms with Gasteiger partial charge in [-0.1, -0.05) is 19.3 Å². The van der Waals surface area contributed by atoms with Crippen LogP contribution >= 0.6 is 0 Å². The molecule has 0 aromatic heterocycles. The minimum absolute atomic E-state index is 0.584. The molecule has 1 fully saturated rings. The van der Waals surface area contributed by atoms with Gasteiger partial charge in [-0.25, -0.2) is 0 Å². The Morgan fingerprint density at radius 2 is 2.29 bits per heavy atom. The van der Waals surface area contributed by atoms with Crippen LogP contribution in [0.25, 0.3) is 0 Å². The molecule has 0 bridgehead atoms. The molecular formula is C15H21NO. The van der Waals surface area contributed by atoms with Gasteiger partial charge in [0.15, 0.2) is 0 Å². The molecule has 1 aromatic carbocycles. The van der Waals surface area contributed by atoms with E-state index in [2.05, 4.69) is 30.4 Å². The Kier molecular flexibility index (Phi) is 2.96. The zero-order valence-electron chi connectivity index (χ0n) is 10.5. The molecule has 2 nitrogen and oxygen atoms in total. The quantitative estimate of drug-likeness (QED) is 0.854. The molecule has 92 valence electrons. The number of hydrogen-bond acceptors (Lipinski definition) is 2. The van der Waals surface area contributed by atoms with E-state index in [9.17, 15) is 0 Å². The Balaban J connectivity index is 1.60. The molecule has 1 aliphatic heterocycles. The Bertz CT molecular complexity index is 398. The molecule has 1 atom stereocenters. The first-order chi connectivity index (χ1) is 8.31. The Morgan fingerprint density at radius 1 is 1.41 bits per heavy atom. The first-order valence-electron chi connectivity index (χ1n) is 6.83. The van der Waals surface area contributed by atoms with Gasteiger partial charge in [0.25, 0.3) is 0 Å². The first-order valence-corrected chi connectivity index (χ1v) is 6.83. The summed E-state index contributed by atoms with van der Waals surface area (Å²) in [6, 6.07) is 7.07. The van der Waals surface area contributed by atoms with Crippen LogP contribution in [0, 0.1) is 5.92 Å². The van der Waals surface area contributed by atoms with Gasteiger partial charge in [0.05, 0.1) is 6.61 Å². The van der Waals surface area contributed by atoms with Crippen LogP contribution in [0.3, 0.4) is 0 Å². The van der Waals surface area contributed by atoms with Crippen molar-refractivity contribution in [1.29, 1.82) is 0 Å². The Morgan fingerprint density at radius 3 is 3.06 bits per heavy atom. The molecule has 2 heteroatoms. The second kappa shape index (κ2) is 4.59. The average Bonchev–Trinajstić information content (AvgIpc) is 2.71. The highest BCUT2D eigenvalue weighted by molar-refractivity contribution is 5.52. The molecule has 0 amide bonds. The molecular weight excluding hydrogens is 210 g/mol. The van der Waals surface area contributed by atoms with Crippen molar-refractivity contribution >= 4 is 5.69 Å². The van der Waals surface area contributed by atoms with Crippen molar-refractivity contribution in [2.75, 3.05) is 11.9 Å². The first kappa shape index (κ1) is 10.9. The molecule has 3 rings (SSSR count). The number of rotatable bonds is 4. The van der Waals surface area contributed by atoms with Crippen molar-refractivity contribution in [2.45, 2.75) is 45.1 Å². The van der Waals surface area contributed by atoms with Crippen LogP contribution < -0.4 is 10.1 Å². The molecule has 1 N–H and O–H groups in total. The number of hydrogen-bond donors (Lipinski definition) is 1. The van der Waals surface area contributed by atoms with Gasteiger partial charge in [-0.15, -0.1) is 0 Å². The minimum atomic E-state index is 0.584. The van der Waals surface area contributed by atoms with Crippen molar-refractivity contribution in [2.24, 2.45) is 5.92 Å². The highest BCUT2D eigenvalue weighted by Gasteiger charge is 2.20. The van der Waals surface area contributed by atoms with Gasteiger partial charge in [0.2, 0.25) is 0 Å². The fourth-order valence-electron chi connectivity index (χ4n) is 2.85.